The van der Waals surface area contributed by atoms with Crippen molar-refractivity contribution >= 4 is 23.2 Å². The van der Waals surface area contributed by atoms with Crippen LogP contribution < -0.4 is 10.6 Å². The number of carbonyl (C=O) groups excluding carboxylic acids is 1. The van der Waals surface area contributed by atoms with Gasteiger partial charge in [-0.3, -0.25) is 9.69 Å². The maximum Gasteiger partial charge on any atom is 0.238 e. The number of rotatable bonds is 4. The molecule has 0 aromatic heterocycles. The smallest absolute Gasteiger partial charge is 0.238 e. The van der Waals surface area contributed by atoms with Crippen LogP contribution in [0.1, 0.15) is 19.3 Å². The first-order valence-electron chi connectivity index (χ1n) is 7.11. The monoisotopic (exact) mass is 295 g/mol. The van der Waals surface area contributed by atoms with Crippen LogP contribution in [0.4, 0.5) is 5.69 Å². The Kier molecular flexibility index (Phi) is 5.83. The molecule has 4 nitrogen and oxygen atoms in total. The fourth-order valence-electron chi connectivity index (χ4n) is 2.53. The number of hydrogen-bond acceptors (Lipinski definition) is 3. The zero-order valence-corrected chi connectivity index (χ0v) is 12.6. The molecule has 2 N–H and O–H groups in total. The van der Waals surface area contributed by atoms with Gasteiger partial charge in [-0.05, 0) is 63.7 Å². The van der Waals surface area contributed by atoms with Crippen LogP contribution in [0.25, 0.3) is 0 Å². The van der Waals surface area contributed by atoms with Gasteiger partial charge in [0.2, 0.25) is 5.91 Å². The van der Waals surface area contributed by atoms with Crippen molar-refractivity contribution in [3.63, 3.8) is 0 Å². The largest absolute Gasteiger partial charge is 0.325 e. The van der Waals surface area contributed by atoms with E-state index in [9.17, 15) is 4.79 Å². The van der Waals surface area contributed by atoms with Gasteiger partial charge in [0.15, 0.2) is 0 Å². The van der Waals surface area contributed by atoms with Crippen molar-refractivity contribution in [3.8, 4) is 0 Å². The molecule has 1 saturated heterocycles. The zero-order valence-electron chi connectivity index (χ0n) is 11.9. The van der Waals surface area contributed by atoms with E-state index < -0.39 is 0 Å². The minimum atomic E-state index is 0.0204. The number of nitrogens with one attached hydrogen (secondary N) is 2. The quantitative estimate of drug-likeness (QED) is 0.896. The molecule has 1 heterocycles. The van der Waals surface area contributed by atoms with Crippen LogP contribution >= 0.6 is 11.6 Å². The Morgan fingerprint density at radius 3 is 2.85 bits per heavy atom. The molecule has 1 atom stereocenters. The molecular weight excluding hydrogens is 274 g/mol. The summed E-state index contributed by atoms with van der Waals surface area (Å²) < 4.78 is 0. The Hall–Kier alpha value is -1.10. The van der Waals surface area contributed by atoms with Crippen LogP contribution in [-0.2, 0) is 4.79 Å². The Balaban J connectivity index is 1.82. The highest BCUT2D eigenvalue weighted by molar-refractivity contribution is 6.30. The van der Waals surface area contributed by atoms with Gasteiger partial charge in [0.05, 0.1) is 6.54 Å². The third kappa shape index (κ3) is 4.78. The fourth-order valence-corrected chi connectivity index (χ4v) is 2.66. The summed E-state index contributed by atoms with van der Waals surface area (Å²) in [6.07, 6.45) is 3.43. The first kappa shape index (κ1) is 15.3. The molecule has 0 aliphatic carbocycles. The van der Waals surface area contributed by atoms with Crippen molar-refractivity contribution in [1.29, 1.82) is 0 Å². The lowest BCUT2D eigenvalue weighted by atomic mass is 10.1. The summed E-state index contributed by atoms with van der Waals surface area (Å²) in [5, 5.41) is 6.96. The van der Waals surface area contributed by atoms with Gasteiger partial charge >= 0.3 is 0 Å². The molecular formula is C15H22ClN3O. The maximum atomic E-state index is 12.0. The van der Waals surface area contributed by atoms with E-state index in [0.717, 1.165) is 31.6 Å². The van der Waals surface area contributed by atoms with Gasteiger partial charge in [0, 0.05) is 16.8 Å². The summed E-state index contributed by atoms with van der Waals surface area (Å²) in [7, 11) is 2.03. The number of benzene rings is 1. The lowest BCUT2D eigenvalue weighted by Crippen LogP contribution is -2.38. The first-order chi connectivity index (χ1) is 9.65. The van der Waals surface area contributed by atoms with Crippen molar-refractivity contribution in [2.75, 3.05) is 32.0 Å². The van der Waals surface area contributed by atoms with Gasteiger partial charge in [0.25, 0.3) is 0 Å². The summed E-state index contributed by atoms with van der Waals surface area (Å²) in [6.45, 7) is 2.54. The predicted molar refractivity (Wildman–Crippen MR) is 83.2 cm³/mol. The minimum absolute atomic E-state index is 0.0204. The molecule has 1 aromatic carbocycles. The van der Waals surface area contributed by atoms with E-state index in [1.165, 1.54) is 6.42 Å². The number of carbonyl (C=O) groups is 1. The minimum Gasteiger partial charge on any atom is -0.325 e. The average Bonchev–Trinajstić information content (AvgIpc) is 2.70. The van der Waals surface area contributed by atoms with Gasteiger partial charge < -0.3 is 10.6 Å². The van der Waals surface area contributed by atoms with Crippen molar-refractivity contribution in [3.05, 3.63) is 29.3 Å². The number of hydrogen-bond donors (Lipinski definition) is 2. The SMILES string of the molecule is CN(CC(=O)Nc1ccc(Cl)cc1)C1CCCNCC1. The summed E-state index contributed by atoms with van der Waals surface area (Å²) in [4.78, 5) is 14.2. The van der Waals surface area contributed by atoms with Crippen molar-refractivity contribution in [2.45, 2.75) is 25.3 Å². The van der Waals surface area contributed by atoms with Crippen LogP contribution in [0.5, 0.6) is 0 Å². The Labute approximate surface area is 125 Å². The van der Waals surface area contributed by atoms with Crippen LogP contribution in [0, 0.1) is 0 Å². The van der Waals surface area contributed by atoms with Crippen LogP contribution in [0.3, 0.4) is 0 Å². The molecule has 0 spiro atoms. The molecule has 1 unspecified atom stereocenters. The Morgan fingerprint density at radius 2 is 2.10 bits per heavy atom. The fraction of sp³-hybridized carbons (Fsp3) is 0.533. The van der Waals surface area contributed by atoms with E-state index >= 15 is 0 Å². The standard InChI is InChI=1S/C15H22ClN3O/c1-19(14-3-2-9-17-10-8-14)11-15(20)18-13-6-4-12(16)5-7-13/h4-7,14,17H,2-3,8-11H2,1H3,(H,18,20). The average molecular weight is 296 g/mol. The van der Waals surface area contributed by atoms with E-state index in [1.807, 2.05) is 19.2 Å². The van der Waals surface area contributed by atoms with Gasteiger partial charge in [0.1, 0.15) is 0 Å². The summed E-state index contributed by atoms with van der Waals surface area (Å²) in [5.74, 6) is 0.0204. The number of anilines is 1. The molecule has 1 amide bonds. The van der Waals surface area contributed by atoms with Crippen LogP contribution in [0.2, 0.25) is 5.02 Å². The number of likely N-dealkylation sites (N-methyl/N-ethyl adjacent to an activating group) is 1. The third-order valence-electron chi connectivity index (χ3n) is 3.69. The molecule has 1 fully saturated rings. The van der Waals surface area contributed by atoms with Gasteiger partial charge in [-0.1, -0.05) is 11.6 Å². The van der Waals surface area contributed by atoms with Crippen molar-refractivity contribution < 1.29 is 4.79 Å². The van der Waals surface area contributed by atoms with Crippen LogP contribution in [0.15, 0.2) is 24.3 Å². The zero-order chi connectivity index (χ0) is 14.4. The third-order valence-corrected chi connectivity index (χ3v) is 3.94. The highest BCUT2D eigenvalue weighted by atomic mass is 35.5. The highest BCUT2D eigenvalue weighted by Crippen LogP contribution is 2.14. The molecule has 2 rings (SSSR count). The molecule has 0 bridgehead atoms. The summed E-state index contributed by atoms with van der Waals surface area (Å²) in [5.41, 5.74) is 0.787. The number of amides is 1. The van der Waals surface area contributed by atoms with Gasteiger partial charge in [-0.15, -0.1) is 0 Å². The molecule has 1 aliphatic rings. The topological polar surface area (TPSA) is 44.4 Å². The second kappa shape index (κ2) is 7.62. The number of halogens is 1. The molecule has 1 aliphatic heterocycles. The summed E-state index contributed by atoms with van der Waals surface area (Å²) >= 11 is 5.82. The van der Waals surface area contributed by atoms with Gasteiger partial charge in [-0.2, -0.15) is 0 Å². The molecule has 0 saturated carbocycles. The Morgan fingerprint density at radius 1 is 1.35 bits per heavy atom. The molecule has 5 heteroatoms. The molecule has 1 aromatic rings. The summed E-state index contributed by atoms with van der Waals surface area (Å²) in [6, 6.07) is 7.67. The second-order valence-electron chi connectivity index (χ2n) is 5.30. The lowest BCUT2D eigenvalue weighted by Gasteiger charge is -2.26. The highest BCUT2D eigenvalue weighted by Gasteiger charge is 2.18. The second-order valence-corrected chi connectivity index (χ2v) is 5.74. The van der Waals surface area contributed by atoms with Crippen molar-refractivity contribution in [2.24, 2.45) is 0 Å². The molecule has 0 radical (unpaired) electrons. The maximum absolute atomic E-state index is 12.0. The van der Waals surface area contributed by atoms with Crippen molar-refractivity contribution in [1.82, 2.24) is 10.2 Å². The first-order valence-corrected chi connectivity index (χ1v) is 7.49. The normalized spacial score (nSPS) is 19.6. The molecule has 110 valence electrons. The Bertz CT molecular complexity index is 427. The van der Waals surface area contributed by atoms with E-state index in [4.69, 9.17) is 11.6 Å². The lowest BCUT2D eigenvalue weighted by molar-refractivity contribution is -0.117. The van der Waals surface area contributed by atoms with E-state index in [0.29, 0.717) is 17.6 Å². The van der Waals surface area contributed by atoms with E-state index in [1.54, 1.807) is 12.1 Å². The van der Waals surface area contributed by atoms with Crippen LogP contribution in [-0.4, -0.2) is 43.5 Å². The molecule has 20 heavy (non-hydrogen) atoms. The van der Waals surface area contributed by atoms with Gasteiger partial charge in [-0.25, -0.2) is 0 Å². The number of nitrogens with zero attached hydrogens (tertiary/aromatic N) is 1. The van der Waals surface area contributed by atoms with E-state index in [2.05, 4.69) is 15.5 Å². The predicted octanol–water partition coefficient (Wildman–Crippen LogP) is 2.35. The van der Waals surface area contributed by atoms with E-state index in [-0.39, 0.29) is 5.91 Å².